The van der Waals surface area contributed by atoms with Gasteiger partial charge in [0.25, 0.3) is 0 Å². The van der Waals surface area contributed by atoms with Crippen molar-refractivity contribution in [3.63, 3.8) is 0 Å². The zero-order valence-electron chi connectivity index (χ0n) is 9.21. The van der Waals surface area contributed by atoms with Crippen LogP contribution in [0.1, 0.15) is 55.2 Å². The second-order valence-corrected chi connectivity index (χ2v) is 4.80. The van der Waals surface area contributed by atoms with Crippen LogP contribution in [0.2, 0.25) is 0 Å². The molecule has 1 fully saturated rings. The van der Waals surface area contributed by atoms with E-state index in [-0.39, 0.29) is 0 Å². The fourth-order valence-electron chi connectivity index (χ4n) is 2.79. The third-order valence-electron chi connectivity index (χ3n) is 3.90. The molecule has 0 aromatic carbocycles. The molecule has 3 rings (SSSR count). The van der Waals surface area contributed by atoms with Gasteiger partial charge in [0.05, 0.1) is 11.4 Å². The highest BCUT2D eigenvalue weighted by Gasteiger charge is 2.28. The van der Waals surface area contributed by atoms with Crippen molar-refractivity contribution in [3.8, 4) is 0 Å². The van der Waals surface area contributed by atoms with Crippen LogP contribution >= 0.6 is 0 Å². The zero-order chi connectivity index (χ0) is 10.3. The monoisotopic (exact) mass is 205 g/mol. The van der Waals surface area contributed by atoms with Crippen LogP contribution in [0, 0.1) is 0 Å². The Balaban J connectivity index is 2.01. The van der Waals surface area contributed by atoms with Gasteiger partial charge in [-0.3, -0.25) is 0 Å². The summed E-state index contributed by atoms with van der Waals surface area (Å²) in [6, 6.07) is 0. The molecule has 0 spiro atoms. The first kappa shape index (κ1) is 9.40. The lowest BCUT2D eigenvalue weighted by Gasteiger charge is -2.24. The summed E-state index contributed by atoms with van der Waals surface area (Å²) in [7, 11) is 0. The molecule has 82 valence electrons. The summed E-state index contributed by atoms with van der Waals surface area (Å²) in [4.78, 5) is 4.83. The lowest BCUT2D eigenvalue weighted by atomic mass is 9.82. The maximum Gasteiger partial charge on any atom is 0.109 e. The Labute approximate surface area is 90.7 Å². The highest BCUT2D eigenvalue weighted by molar-refractivity contribution is 5.24. The molecule has 2 heterocycles. The van der Waals surface area contributed by atoms with Gasteiger partial charge in [-0.15, -0.1) is 0 Å². The molecule has 1 aliphatic carbocycles. The van der Waals surface area contributed by atoms with E-state index in [2.05, 4.69) is 4.57 Å². The average molecular weight is 205 g/mol. The molecule has 1 saturated carbocycles. The molecule has 1 aromatic rings. The molecule has 0 saturated heterocycles. The van der Waals surface area contributed by atoms with E-state index >= 15 is 0 Å². The predicted molar refractivity (Wildman–Crippen MR) is 59.6 cm³/mol. The SMILES string of the molecule is NCc1c(C2CCC2)nc2n1CCCC2. The number of aromatic nitrogens is 2. The molecule has 0 atom stereocenters. The van der Waals surface area contributed by atoms with E-state index in [1.54, 1.807) is 0 Å². The first-order chi connectivity index (χ1) is 7.40. The van der Waals surface area contributed by atoms with Crippen LogP contribution in [0.15, 0.2) is 0 Å². The van der Waals surface area contributed by atoms with Gasteiger partial charge in [-0.2, -0.15) is 0 Å². The van der Waals surface area contributed by atoms with E-state index in [9.17, 15) is 0 Å². The largest absolute Gasteiger partial charge is 0.331 e. The predicted octanol–water partition coefficient (Wildman–Crippen LogP) is 1.95. The van der Waals surface area contributed by atoms with Gasteiger partial charge in [-0.1, -0.05) is 6.42 Å². The summed E-state index contributed by atoms with van der Waals surface area (Å²) < 4.78 is 2.39. The number of rotatable bonds is 2. The first-order valence-electron chi connectivity index (χ1n) is 6.18. The van der Waals surface area contributed by atoms with E-state index in [0.29, 0.717) is 6.54 Å². The van der Waals surface area contributed by atoms with Crippen LogP contribution < -0.4 is 5.73 Å². The number of hydrogen-bond acceptors (Lipinski definition) is 2. The topological polar surface area (TPSA) is 43.8 Å². The fourth-order valence-corrected chi connectivity index (χ4v) is 2.79. The summed E-state index contributed by atoms with van der Waals surface area (Å²) in [5.74, 6) is 2.02. The van der Waals surface area contributed by atoms with Crippen molar-refractivity contribution in [2.75, 3.05) is 0 Å². The minimum absolute atomic E-state index is 0.666. The van der Waals surface area contributed by atoms with Gasteiger partial charge >= 0.3 is 0 Å². The molecule has 3 heteroatoms. The van der Waals surface area contributed by atoms with E-state index in [4.69, 9.17) is 10.7 Å². The van der Waals surface area contributed by atoms with Crippen LogP contribution in [0.3, 0.4) is 0 Å². The van der Waals surface area contributed by atoms with Gasteiger partial charge in [-0.25, -0.2) is 4.98 Å². The first-order valence-corrected chi connectivity index (χ1v) is 6.18. The van der Waals surface area contributed by atoms with Crippen LogP contribution in [-0.2, 0) is 19.5 Å². The van der Waals surface area contributed by atoms with Crippen LogP contribution in [0.4, 0.5) is 0 Å². The van der Waals surface area contributed by atoms with E-state index < -0.39 is 0 Å². The number of nitrogens with zero attached hydrogens (tertiary/aromatic N) is 2. The van der Waals surface area contributed by atoms with Crippen molar-refractivity contribution in [2.45, 2.75) is 57.5 Å². The van der Waals surface area contributed by atoms with Gasteiger partial charge in [0.2, 0.25) is 0 Å². The van der Waals surface area contributed by atoms with E-state index in [1.165, 1.54) is 49.3 Å². The van der Waals surface area contributed by atoms with Crippen molar-refractivity contribution in [1.29, 1.82) is 0 Å². The summed E-state index contributed by atoms with van der Waals surface area (Å²) in [5.41, 5.74) is 8.54. The molecule has 2 N–H and O–H groups in total. The van der Waals surface area contributed by atoms with Gasteiger partial charge < -0.3 is 10.3 Å². The fraction of sp³-hybridized carbons (Fsp3) is 0.750. The highest BCUT2D eigenvalue weighted by Crippen LogP contribution is 2.38. The van der Waals surface area contributed by atoms with Crippen molar-refractivity contribution in [1.82, 2.24) is 9.55 Å². The van der Waals surface area contributed by atoms with Gasteiger partial charge in [0.1, 0.15) is 5.82 Å². The van der Waals surface area contributed by atoms with Gasteiger partial charge in [0, 0.05) is 25.4 Å². The summed E-state index contributed by atoms with van der Waals surface area (Å²) in [5, 5.41) is 0. The Kier molecular flexibility index (Phi) is 2.28. The maximum absolute atomic E-state index is 5.87. The number of nitrogens with two attached hydrogens (primary N) is 1. The summed E-state index contributed by atoms with van der Waals surface area (Å²) >= 11 is 0. The summed E-state index contributed by atoms with van der Waals surface area (Å²) in [6.07, 6.45) is 7.76. The lowest BCUT2D eigenvalue weighted by molar-refractivity contribution is 0.408. The second-order valence-electron chi connectivity index (χ2n) is 4.80. The molecule has 3 nitrogen and oxygen atoms in total. The van der Waals surface area contributed by atoms with Gasteiger partial charge in [-0.05, 0) is 25.7 Å². The number of imidazole rings is 1. The smallest absolute Gasteiger partial charge is 0.109 e. The number of aryl methyl sites for hydroxylation is 1. The molecular weight excluding hydrogens is 186 g/mol. The number of hydrogen-bond donors (Lipinski definition) is 1. The standard InChI is InChI=1S/C12H19N3/c13-8-10-12(9-4-3-5-9)14-11-6-1-2-7-15(10)11/h9H,1-8,13H2. The third-order valence-corrected chi connectivity index (χ3v) is 3.90. The Morgan fingerprint density at radius 2 is 2.13 bits per heavy atom. The summed E-state index contributed by atoms with van der Waals surface area (Å²) in [6.45, 7) is 1.81. The van der Waals surface area contributed by atoms with Crippen molar-refractivity contribution in [3.05, 3.63) is 17.2 Å². The Hall–Kier alpha value is -0.830. The van der Waals surface area contributed by atoms with Crippen LogP contribution in [-0.4, -0.2) is 9.55 Å². The van der Waals surface area contributed by atoms with E-state index in [0.717, 1.165) is 18.9 Å². The van der Waals surface area contributed by atoms with Crippen molar-refractivity contribution >= 4 is 0 Å². The van der Waals surface area contributed by atoms with Crippen molar-refractivity contribution < 1.29 is 0 Å². The Bertz CT molecular complexity index is 363. The average Bonchev–Trinajstić information content (AvgIpc) is 2.53. The van der Waals surface area contributed by atoms with Crippen LogP contribution in [0.5, 0.6) is 0 Å². The molecular formula is C12H19N3. The molecule has 0 unspecified atom stereocenters. The van der Waals surface area contributed by atoms with Crippen molar-refractivity contribution in [2.24, 2.45) is 5.73 Å². The quantitative estimate of drug-likeness (QED) is 0.802. The Morgan fingerprint density at radius 1 is 1.27 bits per heavy atom. The molecule has 15 heavy (non-hydrogen) atoms. The molecule has 0 radical (unpaired) electrons. The normalized spacial score (nSPS) is 21.1. The molecule has 2 aliphatic rings. The zero-order valence-corrected chi connectivity index (χ0v) is 9.21. The Morgan fingerprint density at radius 3 is 2.80 bits per heavy atom. The molecule has 0 amide bonds. The van der Waals surface area contributed by atoms with Crippen LogP contribution in [0.25, 0.3) is 0 Å². The molecule has 1 aliphatic heterocycles. The highest BCUT2D eigenvalue weighted by atomic mass is 15.1. The minimum atomic E-state index is 0.666. The maximum atomic E-state index is 5.87. The third kappa shape index (κ3) is 1.41. The second kappa shape index (κ2) is 3.63. The number of fused-ring (bicyclic) bond motifs is 1. The lowest BCUT2D eigenvalue weighted by Crippen LogP contribution is -2.17. The minimum Gasteiger partial charge on any atom is -0.331 e. The van der Waals surface area contributed by atoms with Gasteiger partial charge in [0.15, 0.2) is 0 Å². The van der Waals surface area contributed by atoms with E-state index in [1.807, 2.05) is 0 Å². The molecule has 1 aromatic heterocycles. The molecule has 0 bridgehead atoms.